The van der Waals surface area contributed by atoms with E-state index < -0.39 is 0 Å². The molecule has 0 atom stereocenters. The third-order valence-electron chi connectivity index (χ3n) is 6.93. The van der Waals surface area contributed by atoms with Crippen molar-refractivity contribution in [1.29, 1.82) is 0 Å². The smallest absolute Gasteiger partial charge is 0.0607 e. The second-order valence-electron chi connectivity index (χ2n) is 8.52. The molecule has 0 spiro atoms. The van der Waals surface area contributed by atoms with Crippen LogP contribution in [-0.4, -0.2) is 10.9 Å². The molecule has 5 aliphatic carbocycles. The molecule has 0 amide bonds. The molecule has 0 aromatic carbocycles. The third-order valence-corrected chi connectivity index (χ3v) is 6.93. The van der Waals surface area contributed by atoms with Crippen molar-refractivity contribution < 1.29 is 5.21 Å². The Hall–Kier alpha value is -0.530. The van der Waals surface area contributed by atoms with Crippen molar-refractivity contribution in [2.45, 2.75) is 77.0 Å². The Kier molecular flexibility index (Phi) is 3.31. The maximum atomic E-state index is 9.57. The van der Waals surface area contributed by atoms with Crippen molar-refractivity contribution in [3.8, 4) is 0 Å². The molecule has 20 heavy (non-hydrogen) atoms. The molecule has 5 rings (SSSR count). The van der Waals surface area contributed by atoms with E-state index in [-0.39, 0.29) is 0 Å². The van der Waals surface area contributed by atoms with Gasteiger partial charge in [-0.2, -0.15) is 0 Å². The van der Waals surface area contributed by atoms with E-state index in [0.717, 1.165) is 24.2 Å². The van der Waals surface area contributed by atoms with E-state index in [0.29, 0.717) is 11.3 Å². The van der Waals surface area contributed by atoms with E-state index in [1.54, 1.807) is 0 Å². The van der Waals surface area contributed by atoms with Crippen molar-refractivity contribution in [2.24, 2.45) is 34.2 Å². The summed E-state index contributed by atoms with van der Waals surface area (Å²) in [5.74, 6) is 3.62. The largest absolute Gasteiger partial charge is 0.411 e. The summed E-state index contributed by atoms with van der Waals surface area (Å²) >= 11 is 0. The van der Waals surface area contributed by atoms with Crippen LogP contribution in [0.3, 0.4) is 0 Å². The van der Waals surface area contributed by atoms with Gasteiger partial charge < -0.3 is 5.21 Å². The molecule has 0 radical (unpaired) electrons. The van der Waals surface area contributed by atoms with Gasteiger partial charge in [-0.1, -0.05) is 24.4 Å². The quantitative estimate of drug-likeness (QED) is 0.438. The Balaban J connectivity index is 1.49. The van der Waals surface area contributed by atoms with Crippen LogP contribution in [0.5, 0.6) is 0 Å². The topological polar surface area (TPSA) is 32.6 Å². The zero-order chi connectivity index (χ0) is 13.6. The molecule has 0 aliphatic heterocycles. The predicted molar refractivity (Wildman–Crippen MR) is 81.0 cm³/mol. The molecule has 0 heterocycles. The Labute approximate surface area is 123 Å². The zero-order valence-electron chi connectivity index (χ0n) is 12.7. The summed E-state index contributed by atoms with van der Waals surface area (Å²) in [6.45, 7) is 0. The first-order valence-electron chi connectivity index (χ1n) is 8.97. The van der Waals surface area contributed by atoms with Crippen molar-refractivity contribution in [3.05, 3.63) is 0 Å². The third kappa shape index (κ3) is 2.29. The summed E-state index contributed by atoms with van der Waals surface area (Å²) in [6, 6.07) is 0. The van der Waals surface area contributed by atoms with Gasteiger partial charge in [0, 0.05) is 5.92 Å². The van der Waals surface area contributed by atoms with E-state index in [1.807, 2.05) is 0 Å². The van der Waals surface area contributed by atoms with E-state index in [9.17, 15) is 5.21 Å². The number of rotatable bonds is 3. The molecule has 2 heteroatoms. The number of hydrogen-bond acceptors (Lipinski definition) is 2. The molecule has 2 nitrogen and oxygen atoms in total. The maximum Gasteiger partial charge on any atom is 0.0607 e. The molecule has 5 aliphatic rings. The van der Waals surface area contributed by atoms with Gasteiger partial charge in [0.05, 0.1) is 5.71 Å². The standard InChI is InChI=1S/C18H29NO/c20-19-17(16-4-2-1-3-5-16)12-18-9-13-6-14(10-18)8-15(7-13)11-18/h13-16,20H,1-12H2/b19-17+. The molecule has 0 saturated heterocycles. The van der Waals surface area contributed by atoms with Crippen LogP contribution in [-0.2, 0) is 0 Å². The van der Waals surface area contributed by atoms with Gasteiger partial charge in [0.15, 0.2) is 0 Å². The first-order chi connectivity index (χ1) is 9.76. The molecule has 1 N–H and O–H groups in total. The summed E-state index contributed by atoms with van der Waals surface area (Å²) in [5, 5.41) is 13.4. The SMILES string of the molecule is O/N=C(\CC12CC3CC(CC(C3)C1)C2)C1CCCCC1. The monoisotopic (exact) mass is 275 g/mol. The second kappa shape index (κ2) is 5.03. The normalized spacial score (nSPS) is 45.0. The van der Waals surface area contributed by atoms with Crippen LogP contribution in [0.25, 0.3) is 0 Å². The Morgan fingerprint density at radius 1 is 0.900 bits per heavy atom. The minimum absolute atomic E-state index is 0.535. The summed E-state index contributed by atoms with van der Waals surface area (Å²) in [4.78, 5) is 0. The number of nitrogens with zero attached hydrogens (tertiary/aromatic N) is 1. The van der Waals surface area contributed by atoms with Crippen molar-refractivity contribution in [3.63, 3.8) is 0 Å². The molecule has 0 aromatic heterocycles. The lowest BCUT2D eigenvalue weighted by atomic mass is 9.48. The highest BCUT2D eigenvalue weighted by atomic mass is 16.4. The number of oxime groups is 1. The first kappa shape index (κ1) is 13.2. The van der Waals surface area contributed by atoms with Crippen LogP contribution in [0.2, 0.25) is 0 Å². The van der Waals surface area contributed by atoms with E-state index in [2.05, 4.69) is 5.16 Å². The highest BCUT2D eigenvalue weighted by Crippen LogP contribution is 2.61. The Bertz CT molecular complexity index is 359. The van der Waals surface area contributed by atoms with Crippen molar-refractivity contribution in [1.82, 2.24) is 0 Å². The minimum Gasteiger partial charge on any atom is -0.411 e. The summed E-state index contributed by atoms with van der Waals surface area (Å²) < 4.78 is 0. The molecular formula is C18H29NO. The lowest BCUT2D eigenvalue weighted by Crippen LogP contribution is -2.47. The fourth-order valence-electron chi connectivity index (χ4n) is 6.59. The minimum atomic E-state index is 0.535. The van der Waals surface area contributed by atoms with Crippen LogP contribution in [0.4, 0.5) is 0 Å². The summed E-state index contributed by atoms with van der Waals surface area (Å²) in [5.41, 5.74) is 1.71. The highest BCUT2D eigenvalue weighted by molar-refractivity contribution is 5.87. The Morgan fingerprint density at radius 3 is 1.95 bits per heavy atom. The predicted octanol–water partition coefficient (Wildman–Crippen LogP) is 5.00. The van der Waals surface area contributed by atoms with Gasteiger partial charge in [0.1, 0.15) is 0 Å². The van der Waals surface area contributed by atoms with E-state index in [1.165, 1.54) is 76.3 Å². The fourth-order valence-corrected chi connectivity index (χ4v) is 6.59. The van der Waals surface area contributed by atoms with E-state index >= 15 is 0 Å². The lowest BCUT2D eigenvalue weighted by Gasteiger charge is -2.57. The van der Waals surface area contributed by atoms with Gasteiger partial charge >= 0.3 is 0 Å². The summed E-state index contributed by atoms with van der Waals surface area (Å²) in [7, 11) is 0. The van der Waals surface area contributed by atoms with Crippen LogP contribution in [0.15, 0.2) is 5.16 Å². The highest BCUT2D eigenvalue weighted by Gasteiger charge is 2.51. The summed E-state index contributed by atoms with van der Waals surface area (Å²) in [6.07, 6.45) is 16.5. The molecular weight excluding hydrogens is 246 g/mol. The molecule has 0 aromatic rings. The fraction of sp³-hybridized carbons (Fsp3) is 0.944. The van der Waals surface area contributed by atoms with Crippen LogP contribution in [0, 0.1) is 29.1 Å². The van der Waals surface area contributed by atoms with Gasteiger partial charge in [-0.15, -0.1) is 0 Å². The van der Waals surface area contributed by atoms with Crippen LogP contribution < -0.4 is 0 Å². The molecule has 4 bridgehead atoms. The van der Waals surface area contributed by atoms with Crippen molar-refractivity contribution >= 4 is 5.71 Å². The number of hydrogen-bond donors (Lipinski definition) is 1. The van der Waals surface area contributed by atoms with Gasteiger partial charge in [-0.25, -0.2) is 0 Å². The van der Waals surface area contributed by atoms with Gasteiger partial charge in [0.2, 0.25) is 0 Å². The van der Waals surface area contributed by atoms with Gasteiger partial charge in [0.25, 0.3) is 0 Å². The second-order valence-corrected chi connectivity index (χ2v) is 8.52. The van der Waals surface area contributed by atoms with Gasteiger partial charge in [-0.05, 0) is 81.0 Å². The lowest BCUT2D eigenvalue weighted by molar-refractivity contribution is -0.0490. The molecule has 0 unspecified atom stereocenters. The van der Waals surface area contributed by atoms with Crippen LogP contribution >= 0.6 is 0 Å². The van der Waals surface area contributed by atoms with E-state index in [4.69, 9.17) is 0 Å². The molecule has 5 saturated carbocycles. The van der Waals surface area contributed by atoms with Crippen molar-refractivity contribution in [2.75, 3.05) is 0 Å². The molecule has 5 fully saturated rings. The molecule has 112 valence electrons. The average Bonchev–Trinajstić information content (AvgIpc) is 2.44. The first-order valence-corrected chi connectivity index (χ1v) is 8.97. The van der Waals surface area contributed by atoms with Gasteiger partial charge in [-0.3, -0.25) is 0 Å². The Morgan fingerprint density at radius 2 is 1.45 bits per heavy atom. The maximum absolute atomic E-state index is 9.57. The van der Waals surface area contributed by atoms with Crippen LogP contribution in [0.1, 0.15) is 77.0 Å². The average molecular weight is 275 g/mol. The zero-order valence-corrected chi connectivity index (χ0v) is 12.7.